The third-order valence-electron chi connectivity index (χ3n) is 4.84. The summed E-state index contributed by atoms with van der Waals surface area (Å²) in [5.41, 5.74) is 1.23. The first-order valence-electron chi connectivity index (χ1n) is 9.41. The molecule has 0 saturated carbocycles. The van der Waals surface area contributed by atoms with E-state index in [2.05, 4.69) is 31.8 Å². The van der Waals surface area contributed by atoms with Crippen molar-refractivity contribution in [3.05, 3.63) is 76.8 Å². The summed E-state index contributed by atoms with van der Waals surface area (Å²) in [5, 5.41) is 19.7. The quantitative estimate of drug-likeness (QED) is 0.663. The molecule has 1 atom stereocenters. The van der Waals surface area contributed by atoms with Crippen LogP contribution in [0.2, 0.25) is 5.02 Å². The van der Waals surface area contributed by atoms with Crippen molar-refractivity contribution in [2.45, 2.75) is 25.6 Å². The van der Waals surface area contributed by atoms with Gasteiger partial charge in [0.15, 0.2) is 0 Å². The zero-order chi connectivity index (χ0) is 19.3. The lowest BCUT2D eigenvalue weighted by atomic mass is 10.1. The van der Waals surface area contributed by atoms with Gasteiger partial charge in [0.1, 0.15) is 30.1 Å². The Bertz CT molecular complexity index is 899. The molecule has 6 nitrogen and oxygen atoms in total. The molecule has 2 heterocycles. The molecule has 28 heavy (non-hydrogen) atoms. The Hall–Kier alpha value is -2.41. The van der Waals surface area contributed by atoms with Gasteiger partial charge in [-0.25, -0.2) is 0 Å². The molecule has 4 rings (SSSR count). The van der Waals surface area contributed by atoms with Crippen LogP contribution in [0.25, 0.3) is 0 Å². The van der Waals surface area contributed by atoms with Crippen molar-refractivity contribution in [3.63, 3.8) is 0 Å². The number of fused-ring (bicyclic) bond motifs is 1. The molecule has 0 bridgehead atoms. The van der Waals surface area contributed by atoms with Crippen molar-refractivity contribution in [2.24, 2.45) is 0 Å². The largest absolute Gasteiger partial charge is 0.491 e. The summed E-state index contributed by atoms with van der Waals surface area (Å²) in [6.45, 7) is 3.14. The minimum atomic E-state index is -0.575. The van der Waals surface area contributed by atoms with Gasteiger partial charge in [0.25, 0.3) is 0 Å². The highest BCUT2D eigenvalue weighted by Gasteiger charge is 2.23. The predicted molar refractivity (Wildman–Crippen MR) is 108 cm³/mol. The number of β-amino-alcohol motifs (C(OH)–C–C–N with tert-alkyl or cyclic N) is 1. The highest BCUT2D eigenvalue weighted by molar-refractivity contribution is 6.30. The zero-order valence-electron chi connectivity index (χ0n) is 15.5. The number of rotatable bonds is 7. The molecular weight excluding hydrogens is 376 g/mol. The van der Waals surface area contributed by atoms with Crippen molar-refractivity contribution in [1.82, 2.24) is 19.7 Å². The molecule has 1 aromatic heterocycles. The predicted octanol–water partition coefficient (Wildman–Crippen LogP) is 2.78. The van der Waals surface area contributed by atoms with E-state index in [9.17, 15) is 5.11 Å². The molecule has 0 radical (unpaired) electrons. The summed E-state index contributed by atoms with van der Waals surface area (Å²) >= 11 is 5.87. The van der Waals surface area contributed by atoms with Crippen LogP contribution >= 0.6 is 11.6 Å². The van der Waals surface area contributed by atoms with E-state index in [1.54, 1.807) is 24.3 Å². The average molecular weight is 399 g/mol. The van der Waals surface area contributed by atoms with Crippen molar-refractivity contribution in [3.8, 4) is 5.75 Å². The van der Waals surface area contributed by atoms with E-state index in [0.717, 1.165) is 31.2 Å². The van der Waals surface area contributed by atoms with Gasteiger partial charge >= 0.3 is 0 Å². The average Bonchev–Trinajstić information content (AvgIpc) is 3.10. The number of ether oxygens (including phenoxy) is 1. The molecular formula is C21H23ClN4O2. The van der Waals surface area contributed by atoms with Gasteiger partial charge in [-0.3, -0.25) is 4.90 Å². The molecule has 3 aromatic rings. The van der Waals surface area contributed by atoms with Crippen LogP contribution < -0.4 is 4.74 Å². The zero-order valence-corrected chi connectivity index (χ0v) is 16.3. The third kappa shape index (κ3) is 4.70. The van der Waals surface area contributed by atoms with Gasteiger partial charge in [-0.1, -0.05) is 41.9 Å². The number of aliphatic hydroxyl groups excluding tert-OH is 1. The summed E-state index contributed by atoms with van der Waals surface area (Å²) in [5.74, 6) is 2.64. The van der Waals surface area contributed by atoms with Crippen LogP contribution in [-0.4, -0.2) is 50.6 Å². The van der Waals surface area contributed by atoms with E-state index in [0.29, 0.717) is 23.9 Å². The van der Waals surface area contributed by atoms with Gasteiger partial charge in [0.05, 0.1) is 6.54 Å². The van der Waals surface area contributed by atoms with Crippen molar-refractivity contribution in [2.75, 3.05) is 19.7 Å². The minimum Gasteiger partial charge on any atom is -0.491 e. The molecule has 146 valence electrons. The summed E-state index contributed by atoms with van der Waals surface area (Å²) < 4.78 is 7.83. The van der Waals surface area contributed by atoms with Crippen LogP contribution in [0.1, 0.15) is 17.2 Å². The van der Waals surface area contributed by atoms with E-state index in [1.807, 2.05) is 18.2 Å². The molecule has 1 N–H and O–H groups in total. The molecule has 0 saturated heterocycles. The van der Waals surface area contributed by atoms with Crippen LogP contribution in [0.3, 0.4) is 0 Å². The van der Waals surface area contributed by atoms with Gasteiger partial charge in [0, 0.05) is 31.1 Å². The van der Waals surface area contributed by atoms with Crippen molar-refractivity contribution >= 4 is 11.6 Å². The fraction of sp³-hybridized carbons (Fsp3) is 0.333. The van der Waals surface area contributed by atoms with Crippen LogP contribution in [0.4, 0.5) is 0 Å². The topological polar surface area (TPSA) is 63.4 Å². The standard InChI is InChI=1S/C21H23ClN4O2/c22-17-6-8-19(9-7-17)28-15-18(27)13-25-10-11-26-20(23-24-21(26)14-25)12-16-4-2-1-3-5-16/h1-9,18,27H,10-15H2. The number of aromatic nitrogens is 3. The van der Waals surface area contributed by atoms with Crippen molar-refractivity contribution in [1.29, 1.82) is 0 Å². The molecule has 2 aromatic carbocycles. The first-order valence-corrected chi connectivity index (χ1v) is 9.79. The lowest BCUT2D eigenvalue weighted by Gasteiger charge is -2.29. The molecule has 1 aliphatic heterocycles. The Morgan fingerprint density at radius 1 is 1.04 bits per heavy atom. The Balaban J connectivity index is 1.30. The number of halogens is 1. The molecule has 0 spiro atoms. The lowest BCUT2D eigenvalue weighted by Crippen LogP contribution is -2.40. The number of hydrogen-bond acceptors (Lipinski definition) is 5. The Kier molecular flexibility index (Phi) is 5.90. The number of hydrogen-bond donors (Lipinski definition) is 1. The van der Waals surface area contributed by atoms with Gasteiger partial charge in [-0.2, -0.15) is 0 Å². The number of aliphatic hydroxyl groups is 1. The van der Waals surface area contributed by atoms with Crippen LogP contribution in [0.5, 0.6) is 5.75 Å². The monoisotopic (exact) mass is 398 g/mol. The summed E-state index contributed by atoms with van der Waals surface area (Å²) in [7, 11) is 0. The van der Waals surface area contributed by atoms with Crippen LogP contribution in [0.15, 0.2) is 54.6 Å². The third-order valence-corrected chi connectivity index (χ3v) is 5.09. The molecule has 0 amide bonds. The normalized spacial score (nSPS) is 15.2. The second-order valence-electron chi connectivity index (χ2n) is 7.00. The maximum Gasteiger partial charge on any atom is 0.147 e. The van der Waals surface area contributed by atoms with Gasteiger partial charge in [-0.15, -0.1) is 10.2 Å². The molecule has 0 fully saturated rings. The Morgan fingerprint density at radius 2 is 1.82 bits per heavy atom. The highest BCUT2D eigenvalue weighted by Crippen LogP contribution is 2.17. The fourth-order valence-electron chi connectivity index (χ4n) is 3.41. The Labute approximate surface area is 169 Å². The highest BCUT2D eigenvalue weighted by atomic mass is 35.5. The molecule has 7 heteroatoms. The molecule has 1 aliphatic rings. The minimum absolute atomic E-state index is 0.240. The lowest BCUT2D eigenvalue weighted by molar-refractivity contribution is 0.0581. The summed E-state index contributed by atoms with van der Waals surface area (Å²) in [6.07, 6.45) is 0.208. The number of nitrogens with zero attached hydrogens (tertiary/aromatic N) is 4. The van der Waals surface area contributed by atoms with Crippen molar-refractivity contribution < 1.29 is 9.84 Å². The van der Waals surface area contributed by atoms with Crippen LogP contribution in [0, 0.1) is 0 Å². The van der Waals surface area contributed by atoms with E-state index >= 15 is 0 Å². The van der Waals surface area contributed by atoms with Gasteiger partial charge in [0.2, 0.25) is 0 Å². The van der Waals surface area contributed by atoms with E-state index in [1.165, 1.54) is 5.56 Å². The number of benzene rings is 2. The fourth-order valence-corrected chi connectivity index (χ4v) is 3.53. The first-order chi connectivity index (χ1) is 13.7. The first kappa shape index (κ1) is 18.9. The second kappa shape index (κ2) is 8.73. The van der Waals surface area contributed by atoms with E-state index in [4.69, 9.17) is 16.3 Å². The summed E-state index contributed by atoms with van der Waals surface area (Å²) in [4.78, 5) is 2.19. The molecule has 1 unspecified atom stereocenters. The van der Waals surface area contributed by atoms with Gasteiger partial charge < -0.3 is 14.4 Å². The smallest absolute Gasteiger partial charge is 0.147 e. The van der Waals surface area contributed by atoms with Gasteiger partial charge in [-0.05, 0) is 29.8 Å². The summed E-state index contributed by atoms with van der Waals surface area (Å²) in [6, 6.07) is 17.4. The van der Waals surface area contributed by atoms with E-state index in [-0.39, 0.29) is 6.61 Å². The van der Waals surface area contributed by atoms with E-state index < -0.39 is 6.10 Å². The SMILES string of the molecule is OC(COc1ccc(Cl)cc1)CN1CCn2c(Cc3ccccc3)nnc2C1. The maximum absolute atomic E-state index is 10.3. The van der Waals surface area contributed by atoms with Crippen LogP contribution in [-0.2, 0) is 19.5 Å². The maximum atomic E-state index is 10.3. The second-order valence-corrected chi connectivity index (χ2v) is 7.44. The Morgan fingerprint density at radius 3 is 2.61 bits per heavy atom. The molecule has 0 aliphatic carbocycles.